The highest BCUT2D eigenvalue weighted by Gasteiger charge is 2.61. The molecule has 1 N–H and O–H groups in total. The molecule has 1 heterocycles. The van der Waals surface area contributed by atoms with Crippen LogP contribution in [0.5, 0.6) is 0 Å². The van der Waals surface area contributed by atoms with Gasteiger partial charge in [0.2, 0.25) is 11.1 Å². The van der Waals surface area contributed by atoms with Crippen molar-refractivity contribution < 1.29 is 4.79 Å². The Hall–Kier alpha value is -1.95. The van der Waals surface area contributed by atoms with Gasteiger partial charge in [-0.25, -0.2) is 4.98 Å². The van der Waals surface area contributed by atoms with E-state index in [1.54, 1.807) is 0 Å². The summed E-state index contributed by atoms with van der Waals surface area (Å²) in [7, 11) is 0. The topological polar surface area (TPSA) is 67.8 Å². The van der Waals surface area contributed by atoms with Crippen LogP contribution in [0.2, 0.25) is 0 Å². The molecule has 27 heavy (non-hydrogen) atoms. The lowest BCUT2D eigenvalue weighted by atomic mass is 9.70. The molecule has 2 bridgehead atoms. The van der Waals surface area contributed by atoms with Crippen LogP contribution >= 0.6 is 11.8 Å². The van der Waals surface area contributed by atoms with Crippen LogP contribution < -0.4 is 5.32 Å². The molecule has 0 spiro atoms. The van der Waals surface area contributed by atoms with Gasteiger partial charge in [-0.15, -0.1) is 5.10 Å². The van der Waals surface area contributed by atoms with E-state index >= 15 is 0 Å². The molecule has 1 saturated carbocycles. The Kier molecular flexibility index (Phi) is 4.29. The maximum absolute atomic E-state index is 12.3. The predicted octanol–water partition coefficient (Wildman–Crippen LogP) is 4.39. The van der Waals surface area contributed by atoms with Crippen molar-refractivity contribution in [1.29, 1.82) is 0 Å². The van der Waals surface area contributed by atoms with Crippen LogP contribution in [0.1, 0.15) is 62.0 Å². The zero-order valence-corrected chi connectivity index (χ0v) is 17.4. The SMILES string of the molecule is Cc1ccc(NC(=O)CSc2nnc3c(n2)[C@@]2(C)CC[C@@H]3C2(C)C)c(C)c1. The largest absolute Gasteiger partial charge is 0.325 e. The summed E-state index contributed by atoms with van der Waals surface area (Å²) in [5.74, 6) is 0.672. The van der Waals surface area contributed by atoms with E-state index in [0.717, 1.165) is 35.5 Å². The third-order valence-electron chi connectivity index (χ3n) is 6.76. The summed E-state index contributed by atoms with van der Waals surface area (Å²) in [5, 5.41) is 12.4. The van der Waals surface area contributed by atoms with Crippen LogP contribution in [-0.4, -0.2) is 26.8 Å². The monoisotopic (exact) mass is 382 g/mol. The number of nitrogens with zero attached hydrogens (tertiary/aromatic N) is 3. The first-order chi connectivity index (χ1) is 12.7. The molecule has 2 aliphatic carbocycles. The van der Waals surface area contributed by atoms with Crippen LogP contribution in [-0.2, 0) is 10.2 Å². The van der Waals surface area contributed by atoms with Crippen LogP contribution in [0.15, 0.2) is 23.4 Å². The summed E-state index contributed by atoms with van der Waals surface area (Å²) < 4.78 is 0. The fourth-order valence-corrected chi connectivity index (χ4v) is 5.28. The lowest BCUT2D eigenvalue weighted by Crippen LogP contribution is -2.32. The number of amides is 1. The quantitative estimate of drug-likeness (QED) is 0.794. The Balaban J connectivity index is 1.45. The summed E-state index contributed by atoms with van der Waals surface area (Å²) >= 11 is 1.35. The van der Waals surface area contributed by atoms with Gasteiger partial charge in [0.25, 0.3) is 0 Å². The Morgan fingerprint density at radius 3 is 2.78 bits per heavy atom. The Morgan fingerprint density at radius 2 is 2.04 bits per heavy atom. The Morgan fingerprint density at radius 1 is 1.26 bits per heavy atom. The molecule has 0 radical (unpaired) electrons. The number of hydrogen-bond acceptors (Lipinski definition) is 5. The molecule has 2 aromatic rings. The fourth-order valence-electron chi connectivity index (χ4n) is 4.69. The first kappa shape index (κ1) is 18.4. The van der Waals surface area contributed by atoms with Gasteiger partial charge in [0.15, 0.2) is 0 Å². The van der Waals surface area contributed by atoms with Crippen LogP contribution in [0.4, 0.5) is 5.69 Å². The zero-order valence-electron chi connectivity index (χ0n) is 16.6. The molecule has 4 rings (SSSR count). The number of anilines is 1. The standard InChI is InChI=1S/C21H26N4OS/c1-12-6-7-15(13(2)10-12)22-16(26)11-27-19-23-18-17(24-25-19)14-8-9-21(18,5)20(14,3)4/h6-7,10,14H,8-9,11H2,1-5H3,(H,22,26)/t14-,21+/m0/s1. The van der Waals surface area contributed by atoms with E-state index in [-0.39, 0.29) is 22.5 Å². The minimum Gasteiger partial charge on any atom is -0.325 e. The van der Waals surface area contributed by atoms with E-state index in [0.29, 0.717) is 11.1 Å². The highest BCUT2D eigenvalue weighted by Crippen LogP contribution is 2.66. The van der Waals surface area contributed by atoms with Crippen LogP contribution in [0.25, 0.3) is 0 Å². The molecular weight excluding hydrogens is 356 g/mol. The molecule has 0 saturated heterocycles. The fraction of sp³-hybridized carbons (Fsp3) is 0.524. The molecule has 1 aromatic carbocycles. The number of carbonyl (C=O) groups excluding carboxylic acids is 1. The van der Waals surface area contributed by atoms with Crippen LogP contribution in [0, 0.1) is 19.3 Å². The molecule has 2 atom stereocenters. The second kappa shape index (κ2) is 6.30. The second-order valence-electron chi connectivity index (χ2n) is 8.63. The van der Waals surface area contributed by atoms with Crippen molar-refractivity contribution in [2.24, 2.45) is 5.41 Å². The molecule has 1 fully saturated rings. The maximum Gasteiger partial charge on any atom is 0.234 e. The summed E-state index contributed by atoms with van der Waals surface area (Å²) in [5.41, 5.74) is 5.48. The van der Waals surface area contributed by atoms with Crippen molar-refractivity contribution in [1.82, 2.24) is 15.2 Å². The van der Waals surface area contributed by atoms with Crippen molar-refractivity contribution in [2.75, 3.05) is 11.1 Å². The highest BCUT2D eigenvalue weighted by atomic mass is 32.2. The minimum atomic E-state index is -0.0517. The molecule has 1 amide bonds. The van der Waals surface area contributed by atoms with Gasteiger partial charge in [0.1, 0.15) is 0 Å². The number of aryl methyl sites for hydroxylation is 2. The van der Waals surface area contributed by atoms with Gasteiger partial charge in [0.05, 0.1) is 17.1 Å². The van der Waals surface area contributed by atoms with Gasteiger partial charge in [-0.3, -0.25) is 4.79 Å². The number of aromatic nitrogens is 3. The maximum atomic E-state index is 12.3. The predicted molar refractivity (Wildman–Crippen MR) is 108 cm³/mol. The molecule has 0 unspecified atom stereocenters. The van der Waals surface area contributed by atoms with E-state index in [1.165, 1.54) is 17.3 Å². The molecular formula is C21H26N4OS. The third-order valence-corrected chi connectivity index (χ3v) is 7.60. The van der Waals surface area contributed by atoms with E-state index in [4.69, 9.17) is 4.98 Å². The highest BCUT2D eigenvalue weighted by molar-refractivity contribution is 7.99. The smallest absolute Gasteiger partial charge is 0.234 e. The van der Waals surface area contributed by atoms with Gasteiger partial charge in [-0.1, -0.05) is 50.2 Å². The van der Waals surface area contributed by atoms with Gasteiger partial charge in [-0.05, 0) is 43.7 Å². The number of nitrogens with one attached hydrogen (secondary N) is 1. The second-order valence-corrected chi connectivity index (χ2v) is 9.57. The number of hydrogen-bond donors (Lipinski definition) is 1. The Labute approximate surface area is 164 Å². The Bertz CT molecular complexity index is 926. The van der Waals surface area contributed by atoms with Gasteiger partial charge < -0.3 is 5.32 Å². The summed E-state index contributed by atoms with van der Waals surface area (Å²) in [6.07, 6.45) is 2.31. The van der Waals surface area contributed by atoms with Crippen molar-refractivity contribution in [3.63, 3.8) is 0 Å². The lowest BCUT2D eigenvalue weighted by Gasteiger charge is -2.33. The minimum absolute atomic E-state index is 0.0517. The number of thioether (sulfide) groups is 1. The number of rotatable bonds is 4. The normalized spacial score (nSPS) is 24.7. The van der Waals surface area contributed by atoms with Crippen molar-refractivity contribution in [3.8, 4) is 0 Å². The molecule has 142 valence electrons. The molecule has 5 nitrogen and oxygen atoms in total. The summed E-state index contributed by atoms with van der Waals surface area (Å²) in [4.78, 5) is 17.2. The third kappa shape index (κ3) is 2.85. The lowest BCUT2D eigenvalue weighted by molar-refractivity contribution is -0.113. The molecule has 2 aliphatic rings. The number of fused-ring (bicyclic) bond motifs is 5. The summed E-state index contributed by atoms with van der Waals surface area (Å²) in [6.45, 7) is 11.0. The molecule has 1 aromatic heterocycles. The van der Waals surface area contributed by atoms with E-state index in [9.17, 15) is 4.79 Å². The first-order valence-electron chi connectivity index (χ1n) is 9.47. The van der Waals surface area contributed by atoms with E-state index in [2.05, 4.69) is 42.4 Å². The van der Waals surface area contributed by atoms with Crippen LogP contribution in [0.3, 0.4) is 0 Å². The van der Waals surface area contributed by atoms with Crippen molar-refractivity contribution in [3.05, 3.63) is 40.7 Å². The molecule has 0 aliphatic heterocycles. The van der Waals surface area contributed by atoms with E-state index < -0.39 is 0 Å². The van der Waals surface area contributed by atoms with Crippen molar-refractivity contribution >= 4 is 23.4 Å². The van der Waals surface area contributed by atoms with Gasteiger partial charge in [-0.2, -0.15) is 5.10 Å². The zero-order chi connectivity index (χ0) is 19.4. The average Bonchev–Trinajstić information content (AvgIpc) is 2.94. The van der Waals surface area contributed by atoms with Gasteiger partial charge >= 0.3 is 0 Å². The molecule has 6 heteroatoms. The number of benzene rings is 1. The van der Waals surface area contributed by atoms with E-state index in [1.807, 2.05) is 26.0 Å². The van der Waals surface area contributed by atoms with Crippen molar-refractivity contribution in [2.45, 2.75) is 63.9 Å². The number of carbonyl (C=O) groups is 1. The summed E-state index contributed by atoms with van der Waals surface area (Å²) in [6, 6.07) is 6.01. The van der Waals surface area contributed by atoms with Gasteiger partial charge in [0, 0.05) is 17.0 Å². The average molecular weight is 383 g/mol. The first-order valence-corrected chi connectivity index (χ1v) is 10.5.